The van der Waals surface area contributed by atoms with Gasteiger partial charge in [0.2, 0.25) is 6.29 Å². The number of aliphatic hydroxyl groups excluding tert-OH is 1. The van der Waals surface area contributed by atoms with Crippen molar-refractivity contribution in [1.82, 2.24) is 4.90 Å². The number of benzene rings is 2. The minimum absolute atomic E-state index is 0.0237. The number of likely N-dealkylation sites (tertiary alicyclic amines) is 1. The fourth-order valence-corrected chi connectivity index (χ4v) is 5.62. The van der Waals surface area contributed by atoms with Gasteiger partial charge in [0.1, 0.15) is 0 Å². The van der Waals surface area contributed by atoms with E-state index in [-0.39, 0.29) is 18.4 Å². The van der Waals surface area contributed by atoms with Crippen molar-refractivity contribution in [2.45, 2.75) is 51.1 Å². The van der Waals surface area contributed by atoms with Crippen LogP contribution >= 0.6 is 11.3 Å². The summed E-state index contributed by atoms with van der Waals surface area (Å²) >= 11 is 1.73. The van der Waals surface area contributed by atoms with Gasteiger partial charge in [0, 0.05) is 30.1 Å². The lowest BCUT2D eigenvalue weighted by molar-refractivity contribution is -0.156. The molecular formula is C27H29NO4S. The van der Waals surface area contributed by atoms with Gasteiger partial charge in [-0.3, -0.25) is 4.79 Å². The Hall–Kier alpha value is -2.67. The molecule has 0 radical (unpaired) electrons. The molecule has 0 bridgehead atoms. The van der Waals surface area contributed by atoms with E-state index < -0.39 is 6.29 Å². The van der Waals surface area contributed by atoms with E-state index in [1.807, 2.05) is 35.2 Å². The summed E-state index contributed by atoms with van der Waals surface area (Å²) in [6, 6.07) is 16.1. The molecule has 6 heteroatoms. The zero-order valence-corrected chi connectivity index (χ0v) is 19.4. The number of carbonyl (C=O) groups is 1. The van der Waals surface area contributed by atoms with E-state index >= 15 is 0 Å². The maximum Gasteiger partial charge on any atom is 0.288 e. The van der Waals surface area contributed by atoms with Crippen LogP contribution < -0.4 is 0 Å². The number of hydrogen-bond acceptors (Lipinski definition) is 5. The second kappa shape index (κ2) is 10.1. The number of nitrogens with zero attached hydrogens (tertiary/aromatic N) is 1. The number of aliphatic hydroxyl groups is 1. The van der Waals surface area contributed by atoms with Crippen LogP contribution in [0.25, 0.3) is 10.1 Å². The average Bonchev–Trinajstić information content (AvgIpc) is 3.32. The Morgan fingerprint density at radius 3 is 2.61 bits per heavy atom. The van der Waals surface area contributed by atoms with Gasteiger partial charge in [-0.1, -0.05) is 42.5 Å². The van der Waals surface area contributed by atoms with Crippen molar-refractivity contribution in [3.05, 3.63) is 82.4 Å². The first kappa shape index (κ1) is 22.1. The minimum Gasteiger partial charge on any atom is -0.459 e. The quantitative estimate of drug-likeness (QED) is 0.536. The highest BCUT2D eigenvalue weighted by Gasteiger charge is 2.32. The van der Waals surface area contributed by atoms with Gasteiger partial charge < -0.3 is 19.5 Å². The molecule has 2 aromatic carbocycles. The Balaban J connectivity index is 1.38. The predicted octanol–water partition coefficient (Wildman–Crippen LogP) is 5.34. The zero-order valence-electron chi connectivity index (χ0n) is 18.6. The summed E-state index contributed by atoms with van der Waals surface area (Å²) in [6.07, 6.45) is 5.42. The van der Waals surface area contributed by atoms with Crippen molar-refractivity contribution in [2.75, 3.05) is 13.1 Å². The maximum absolute atomic E-state index is 13.3. The Morgan fingerprint density at radius 1 is 1.06 bits per heavy atom. The number of hydrogen-bond donors (Lipinski definition) is 1. The van der Waals surface area contributed by atoms with Gasteiger partial charge in [-0.05, 0) is 58.9 Å². The van der Waals surface area contributed by atoms with Crippen molar-refractivity contribution < 1.29 is 19.4 Å². The zero-order chi connectivity index (χ0) is 22.6. The molecule has 0 spiro atoms. The van der Waals surface area contributed by atoms with Crippen LogP contribution in [0.3, 0.4) is 0 Å². The number of amides is 1. The number of fused-ring (bicyclic) bond motifs is 1. The van der Waals surface area contributed by atoms with Gasteiger partial charge in [0.05, 0.1) is 13.2 Å². The lowest BCUT2D eigenvalue weighted by Crippen LogP contribution is -2.39. The molecule has 3 aromatic rings. The molecule has 3 heterocycles. The second-order valence-corrected chi connectivity index (χ2v) is 9.66. The SMILES string of the molecule is O=C(C1=C[C@H](c2csc3ccccc23)C[C@H](OCc2ccc(CO)cc2)O1)N1CCCCC1. The number of thiophene rings is 1. The van der Waals surface area contributed by atoms with E-state index in [1.165, 1.54) is 22.1 Å². The van der Waals surface area contributed by atoms with E-state index in [4.69, 9.17) is 9.47 Å². The molecule has 1 saturated heterocycles. The summed E-state index contributed by atoms with van der Waals surface area (Å²) in [5, 5.41) is 12.7. The van der Waals surface area contributed by atoms with Crippen LogP contribution in [0.15, 0.2) is 65.7 Å². The lowest BCUT2D eigenvalue weighted by Gasteiger charge is -2.33. The summed E-state index contributed by atoms with van der Waals surface area (Å²) in [6.45, 7) is 1.98. The molecule has 0 saturated carbocycles. The molecule has 1 N–H and O–H groups in total. The highest BCUT2D eigenvalue weighted by Crippen LogP contribution is 2.38. The molecule has 1 amide bonds. The molecule has 5 rings (SSSR count). The Kier molecular flexibility index (Phi) is 6.76. The van der Waals surface area contributed by atoms with E-state index in [2.05, 4.69) is 29.6 Å². The Labute approximate surface area is 198 Å². The van der Waals surface area contributed by atoms with Crippen LogP contribution in [0, 0.1) is 0 Å². The highest BCUT2D eigenvalue weighted by molar-refractivity contribution is 7.17. The van der Waals surface area contributed by atoms with Crippen molar-refractivity contribution in [3.8, 4) is 0 Å². The molecule has 2 aliphatic rings. The molecule has 1 aromatic heterocycles. The van der Waals surface area contributed by atoms with Crippen molar-refractivity contribution in [1.29, 1.82) is 0 Å². The fourth-order valence-electron chi connectivity index (χ4n) is 4.60. The van der Waals surface area contributed by atoms with Gasteiger partial charge >= 0.3 is 0 Å². The summed E-state index contributed by atoms with van der Waals surface area (Å²) in [5.41, 5.74) is 3.10. The molecular weight excluding hydrogens is 434 g/mol. The largest absolute Gasteiger partial charge is 0.459 e. The molecule has 1 fully saturated rings. The fraction of sp³-hybridized carbons (Fsp3) is 0.370. The first-order valence-corrected chi connectivity index (χ1v) is 12.5. The average molecular weight is 464 g/mol. The molecule has 5 nitrogen and oxygen atoms in total. The van der Waals surface area contributed by atoms with Gasteiger partial charge in [0.25, 0.3) is 5.91 Å². The highest BCUT2D eigenvalue weighted by atomic mass is 32.1. The number of ether oxygens (including phenoxy) is 2. The molecule has 33 heavy (non-hydrogen) atoms. The second-order valence-electron chi connectivity index (χ2n) is 8.75. The lowest BCUT2D eigenvalue weighted by atomic mass is 9.92. The Bertz CT molecular complexity index is 1130. The van der Waals surface area contributed by atoms with Gasteiger partial charge in [-0.15, -0.1) is 11.3 Å². The summed E-state index contributed by atoms with van der Waals surface area (Å²) < 4.78 is 13.5. The maximum atomic E-state index is 13.3. The normalized spacial score (nSPS) is 21.0. The van der Waals surface area contributed by atoms with E-state index in [1.54, 1.807) is 11.3 Å². The molecule has 2 aliphatic heterocycles. The van der Waals surface area contributed by atoms with E-state index in [0.29, 0.717) is 18.8 Å². The van der Waals surface area contributed by atoms with Crippen LogP contribution in [0.5, 0.6) is 0 Å². The third kappa shape index (κ3) is 4.98. The van der Waals surface area contributed by atoms with Gasteiger partial charge in [-0.2, -0.15) is 0 Å². The first-order chi connectivity index (χ1) is 16.2. The van der Waals surface area contributed by atoms with Crippen molar-refractivity contribution in [2.24, 2.45) is 0 Å². The number of piperidine rings is 1. The standard InChI is InChI=1S/C27H29NO4S/c29-16-19-8-10-20(11-9-19)17-31-26-15-21(23-18-33-25-7-3-2-6-22(23)25)14-24(32-26)27(30)28-12-4-1-5-13-28/h2-3,6-11,14,18,21,26,29H,1,4-5,12-13,15-17H2/t21-,26+/m0/s1. The minimum atomic E-state index is -0.500. The summed E-state index contributed by atoms with van der Waals surface area (Å²) in [4.78, 5) is 15.2. The smallest absolute Gasteiger partial charge is 0.288 e. The summed E-state index contributed by atoms with van der Waals surface area (Å²) in [7, 11) is 0. The van der Waals surface area contributed by atoms with E-state index in [9.17, 15) is 9.90 Å². The molecule has 0 unspecified atom stereocenters. The topological polar surface area (TPSA) is 59.0 Å². The Morgan fingerprint density at radius 2 is 1.82 bits per heavy atom. The molecule has 0 aliphatic carbocycles. The number of carbonyl (C=O) groups excluding carboxylic acids is 1. The number of allylic oxidation sites excluding steroid dienone is 1. The van der Waals surface area contributed by atoms with Crippen molar-refractivity contribution >= 4 is 27.3 Å². The van der Waals surface area contributed by atoms with Gasteiger partial charge in [0.15, 0.2) is 5.76 Å². The molecule has 172 valence electrons. The molecule has 2 atom stereocenters. The third-order valence-electron chi connectivity index (χ3n) is 6.46. The first-order valence-electron chi connectivity index (χ1n) is 11.7. The van der Waals surface area contributed by atoms with Crippen LogP contribution in [-0.2, 0) is 27.5 Å². The van der Waals surface area contributed by atoms with E-state index in [0.717, 1.165) is 37.1 Å². The van der Waals surface area contributed by atoms with Crippen LogP contribution in [0.2, 0.25) is 0 Å². The third-order valence-corrected chi connectivity index (χ3v) is 7.44. The number of rotatable bonds is 6. The monoisotopic (exact) mass is 463 g/mol. The van der Waals surface area contributed by atoms with Crippen LogP contribution in [0.1, 0.15) is 48.3 Å². The van der Waals surface area contributed by atoms with Crippen LogP contribution in [-0.4, -0.2) is 35.3 Å². The van der Waals surface area contributed by atoms with Gasteiger partial charge in [-0.25, -0.2) is 0 Å². The van der Waals surface area contributed by atoms with Crippen molar-refractivity contribution in [3.63, 3.8) is 0 Å². The van der Waals surface area contributed by atoms with Crippen LogP contribution in [0.4, 0.5) is 0 Å². The summed E-state index contributed by atoms with van der Waals surface area (Å²) in [5.74, 6) is 0.435. The predicted molar refractivity (Wildman–Crippen MR) is 130 cm³/mol.